The van der Waals surface area contributed by atoms with E-state index < -0.39 is 0 Å². The SMILES string of the molecule is Cc1nccc([C@@H]2CN(C(=O)c3ncccc3C)CCO2)n1. The van der Waals surface area contributed by atoms with Gasteiger partial charge in [0.05, 0.1) is 18.8 Å². The van der Waals surface area contributed by atoms with Crippen molar-refractivity contribution in [2.24, 2.45) is 0 Å². The molecule has 0 aliphatic carbocycles. The van der Waals surface area contributed by atoms with Gasteiger partial charge in [0.2, 0.25) is 0 Å². The first-order chi connectivity index (χ1) is 10.6. The number of hydrogen-bond acceptors (Lipinski definition) is 5. The van der Waals surface area contributed by atoms with Crippen molar-refractivity contribution in [3.05, 3.63) is 53.4 Å². The maximum atomic E-state index is 12.6. The Hall–Kier alpha value is -2.34. The topological polar surface area (TPSA) is 68.2 Å². The fourth-order valence-electron chi connectivity index (χ4n) is 2.53. The van der Waals surface area contributed by atoms with Gasteiger partial charge in [-0.05, 0) is 31.5 Å². The largest absolute Gasteiger partial charge is 0.368 e. The van der Waals surface area contributed by atoms with Crippen molar-refractivity contribution in [3.63, 3.8) is 0 Å². The Morgan fingerprint density at radius 2 is 2.14 bits per heavy atom. The molecule has 6 nitrogen and oxygen atoms in total. The Bertz CT molecular complexity index is 689. The first-order valence-corrected chi connectivity index (χ1v) is 7.27. The van der Waals surface area contributed by atoms with Gasteiger partial charge in [-0.1, -0.05) is 6.07 Å². The van der Waals surface area contributed by atoms with Crippen LogP contribution in [-0.4, -0.2) is 45.5 Å². The van der Waals surface area contributed by atoms with Crippen molar-refractivity contribution in [2.45, 2.75) is 20.0 Å². The fraction of sp³-hybridized carbons (Fsp3) is 0.375. The van der Waals surface area contributed by atoms with E-state index in [0.29, 0.717) is 31.2 Å². The summed E-state index contributed by atoms with van der Waals surface area (Å²) in [6.45, 7) is 5.27. The highest BCUT2D eigenvalue weighted by atomic mass is 16.5. The Labute approximate surface area is 129 Å². The van der Waals surface area contributed by atoms with Gasteiger partial charge in [-0.3, -0.25) is 9.78 Å². The molecule has 1 fully saturated rings. The average molecular weight is 298 g/mol. The summed E-state index contributed by atoms with van der Waals surface area (Å²) in [6, 6.07) is 5.56. The highest BCUT2D eigenvalue weighted by Gasteiger charge is 2.28. The van der Waals surface area contributed by atoms with E-state index in [-0.39, 0.29) is 12.0 Å². The second-order valence-electron chi connectivity index (χ2n) is 5.31. The highest BCUT2D eigenvalue weighted by Crippen LogP contribution is 2.21. The molecule has 2 aromatic rings. The quantitative estimate of drug-likeness (QED) is 0.844. The molecule has 1 amide bonds. The third kappa shape index (κ3) is 2.96. The molecule has 0 bridgehead atoms. The van der Waals surface area contributed by atoms with Crippen molar-refractivity contribution in [3.8, 4) is 0 Å². The summed E-state index contributed by atoms with van der Waals surface area (Å²) in [5.74, 6) is 0.641. The number of aryl methyl sites for hydroxylation is 2. The van der Waals surface area contributed by atoms with Crippen molar-refractivity contribution in [1.29, 1.82) is 0 Å². The molecular formula is C16H18N4O2. The van der Waals surface area contributed by atoms with Gasteiger partial charge in [-0.25, -0.2) is 9.97 Å². The Morgan fingerprint density at radius 1 is 1.27 bits per heavy atom. The maximum Gasteiger partial charge on any atom is 0.272 e. The number of aromatic nitrogens is 3. The van der Waals surface area contributed by atoms with Crippen LogP contribution in [0, 0.1) is 13.8 Å². The van der Waals surface area contributed by atoms with Gasteiger partial charge in [0.15, 0.2) is 0 Å². The molecule has 3 heterocycles. The smallest absolute Gasteiger partial charge is 0.272 e. The van der Waals surface area contributed by atoms with Crippen molar-refractivity contribution in [2.75, 3.05) is 19.7 Å². The number of ether oxygens (including phenoxy) is 1. The molecule has 0 unspecified atom stereocenters. The molecule has 0 N–H and O–H groups in total. The number of carbonyl (C=O) groups excluding carboxylic acids is 1. The van der Waals surface area contributed by atoms with E-state index in [0.717, 1.165) is 11.3 Å². The van der Waals surface area contributed by atoms with Gasteiger partial charge in [-0.2, -0.15) is 0 Å². The van der Waals surface area contributed by atoms with Crippen LogP contribution in [0.2, 0.25) is 0 Å². The number of morpholine rings is 1. The van der Waals surface area contributed by atoms with Crippen LogP contribution in [0.1, 0.15) is 33.7 Å². The van der Waals surface area contributed by atoms with E-state index in [1.54, 1.807) is 17.3 Å². The number of rotatable bonds is 2. The summed E-state index contributed by atoms with van der Waals surface area (Å²) < 4.78 is 5.76. The van der Waals surface area contributed by atoms with E-state index >= 15 is 0 Å². The van der Waals surface area contributed by atoms with Gasteiger partial charge < -0.3 is 9.64 Å². The second-order valence-corrected chi connectivity index (χ2v) is 5.31. The van der Waals surface area contributed by atoms with Gasteiger partial charge in [0.1, 0.15) is 17.6 Å². The molecule has 3 rings (SSSR count). The first kappa shape index (κ1) is 14.6. The minimum Gasteiger partial charge on any atom is -0.368 e. The van der Waals surface area contributed by atoms with E-state index in [4.69, 9.17) is 4.74 Å². The summed E-state index contributed by atoms with van der Waals surface area (Å²) in [6.07, 6.45) is 3.14. The Kier molecular flexibility index (Phi) is 4.11. The zero-order valence-electron chi connectivity index (χ0n) is 12.7. The lowest BCUT2D eigenvalue weighted by Gasteiger charge is -2.32. The predicted octanol–water partition coefficient (Wildman–Crippen LogP) is 1.70. The molecule has 2 aromatic heterocycles. The van der Waals surface area contributed by atoms with Crippen LogP contribution >= 0.6 is 0 Å². The third-order valence-electron chi connectivity index (χ3n) is 3.69. The number of amides is 1. The zero-order valence-corrected chi connectivity index (χ0v) is 12.7. The molecular weight excluding hydrogens is 280 g/mol. The minimum atomic E-state index is -0.219. The van der Waals surface area contributed by atoms with Crippen LogP contribution in [0.25, 0.3) is 0 Å². The molecule has 0 aromatic carbocycles. The number of nitrogens with zero attached hydrogens (tertiary/aromatic N) is 4. The zero-order chi connectivity index (χ0) is 15.5. The van der Waals surface area contributed by atoms with Crippen molar-refractivity contribution < 1.29 is 9.53 Å². The Balaban J connectivity index is 1.78. The Morgan fingerprint density at radius 3 is 2.91 bits per heavy atom. The van der Waals surface area contributed by atoms with Crippen LogP contribution in [-0.2, 0) is 4.74 Å². The molecule has 6 heteroatoms. The highest BCUT2D eigenvalue weighted by molar-refractivity contribution is 5.93. The van der Waals surface area contributed by atoms with E-state index in [1.807, 2.05) is 32.0 Å². The number of carbonyl (C=O) groups is 1. The van der Waals surface area contributed by atoms with Crippen molar-refractivity contribution in [1.82, 2.24) is 19.9 Å². The van der Waals surface area contributed by atoms with Crippen LogP contribution < -0.4 is 0 Å². The standard InChI is InChI=1S/C16H18N4O2/c1-11-4-3-6-18-15(11)16(21)20-8-9-22-14(10-20)13-5-7-17-12(2)19-13/h3-7,14H,8-10H2,1-2H3/t14-/m0/s1. The van der Waals surface area contributed by atoms with Gasteiger partial charge in [0, 0.05) is 18.9 Å². The second kappa shape index (κ2) is 6.19. The molecule has 22 heavy (non-hydrogen) atoms. The first-order valence-electron chi connectivity index (χ1n) is 7.27. The normalized spacial score (nSPS) is 18.3. The molecule has 114 valence electrons. The predicted molar refractivity (Wildman–Crippen MR) is 80.3 cm³/mol. The van der Waals surface area contributed by atoms with Crippen LogP contribution in [0.4, 0.5) is 0 Å². The van der Waals surface area contributed by atoms with Gasteiger partial charge in [0.25, 0.3) is 5.91 Å². The summed E-state index contributed by atoms with van der Waals surface area (Å²) in [4.78, 5) is 27.1. The van der Waals surface area contributed by atoms with Crippen LogP contribution in [0.3, 0.4) is 0 Å². The van der Waals surface area contributed by atoms with Crippen LogP contribution in [0.5, 0.6) is 0 Å². The molecule has 1 atom stereocenters. The lowest BCUT2D eigenvalue weighted by atomic mass is 10.1. The molecule has 1 aliphatic rings. The fourth-order valence-corrected chi connectivity index (χ4v) is 2.53. The molecule has 0 saturated carbocycles. The van der Waals surface area contributed by atoms with Crippen molar-refractivity contribution >= 4 is 5.91 Å². The summed E-state index contributed by atoms with van der Waals surface area (Å²) in [5.41, 5.74) is 2.19. The molecule has 0 radical (unpaired) electrons. The summed E-state index contributed by atoms with van der Waals surface area (Å²) in [7, 11) is 0. The van der Waals surface area contributed by atoms with Crippen LogP contribution in [0.15, 0.2) is 30.6 Å². The maximum absolute atomic E-state index is 12.6. The molecule has 1 aliphatic heterocycles. The third-order valence-corrected chi connectivity index (χ3v) is 3.69. The van der Waals surface area contributed by atoms with Gasteiger partial charge in [-0.15, -0.1) is 0 Å². The minimum absolute atomic E-state index is 0.0582. The number of pyridine rings is 1. The average Bonchev–Trinajstić information content (AvgIpc) is 2.55. The monoisotopic (exact) mass is 298 g/mol. The molecule has 1 saturated heterocycles. The number of hydrogen-bond donors (Lipinski definition) is 0. The molecule has 0 spiro atoms. The van der Waals surface area contributed by atoms with E-state index in [9.17, 15) is 4.79 Å². The van der Waals surface area contributed by atoms with Gasteiger partial charge >= 0.3 is 0 Å². The van der Waals surface area contributed by atoms with E-state index in [1.165, 1.54) is 0 Å². The lowest BCUT2D eigenvalue weighted by Crippen LogP contribution is -2.43. The van der Waals surface area contributed by atoms with E-state index in [2.05, 4.69) is 15.0 Å². The lowest BCUT2D eigenvalue weighted by molar-refractivity contribution is -0.0250. The summed E-state index contributed by atoms with van der Waals surface area (Å²) >= 11 is 0. The summed E-state index contributed by atoms with van der Waals surface area (Å²) in [5, 5.41) is 0.